The summed E-state index contributed by atoms with van der Waals surface area (Å²) in [4.78, 5) is 8.36. The fourth-order valence-electron chi connectivity index (χ4n) is 1.52. The Balaban J connectivity index is 1.96. The number of anilines is 1. The van der Waals surface area contributed by atoms with Gasteiger partial charge in [-0.2, -0.15) is 0 Å². The van der Waals surface area contributed by atoms with E-state index in [9.17, 15) is 4.39 Å². The maximum Gasteiger partial charge on any atom is 0.157 e. The summed E-state index contributed by atoms with van der Waals surface area (Å²) in [7, 11) is 0. The minimum absolute atomic E-state index is 0.261. The number of pyridine rings is 1. The molecule has 0 spiro atoms. The Labute approximate surface area is 121 Å². The summed E-state index contributed by atoms with van der Waals surface area (Å²) in [6.07, 6.45) is 1.41. The van der Waals surface area contributed by atoms with Crippen molar-refractivity contribution in [2.45, 2.75) is 9.37 Å². The maximum atomic E-state index is 13.6. The van der Waals surface area contributed by atoms with E-state index < -0.39 is 5.82 Å². The molecule has 19 heavy (non-hydrogen) atoms. The van der Waals surface area contributed by atoms with Gasteiger partial charge in [0, 0.05) is 11.9 Å². The molecule has 7 heteroatoms. The Morgan fingerprint density at radius 1 is 1.32 bits per heavy atom. The lowest BCUT2D eigenvalue weighted by Crippen LogP contribution is -1.85. The Morgan fingerprint density at radius 3 is 2.95 bits per heavy atom. The Bertz CT molecular complexity index is 760. The summed E-state index contributed by atoms with van der Waals surface area (Å²) < 4.78 is 15.3. The van der Waals surface area contributed by atoms with Crippen LogP contribution in [-0.4, -0.2) is 9.97 Å². The van der Waals surface area contributed by atoms with E-state index in [2.05, 4.69) is 9.97 Å². The van der Waals surface area contributed by atoms with Crippen LogP contribution in [0.1, 0.15) is 0 Å². The number of benzene rings is 1. The topological polar surface area (TPSA) is 51.8 Å². The Morgan fingerprint density at radius 2 is 2.16 bits per heavy atom. The second-order valence-corrected chi connectivity index (χ2v) is 6.45. The molecule has 3 nitrogen and oxygen atoms in total. The first-order valence-electron chi connectivity index (χ1n) is 5.27. The van der Waals surface area contributed by atoms with Crippen LogP contribution >= 0.6 is 34.7 Å². The minimum atomic E-state index is -0.448. The van der Waals surface area contributed by atoms with E-state index in [-0.39, 0.29) is 10.0 Å². The van der Waals surface area contributed by atoms with E-state index >= 15 is 0 Å². The lowest BCUT2D eigenvalue weighted by molar-refractivity contribution is 0.588. The standard InChI is InChI=1S/C12H7ClFN3S2/c13-6-3-8(14)11(16-5-6)19-12-17-9-2-1-7(15)4-10(9)18-12/h1-5H,15H2. The van der Waals surface area contributed by atoms with Gasteiger partial charge in [-0.05, 0) is 36.0 Å². The molecule has 0 saturated carbocycles. The third-order valence-electron chi connectivity index (χ3n) is 2.35. The molecule has 0 atom stereocenters. The normalized spacial score (nSPS) is 11.1. The summed E-state index contributed by atoms with van der Waals surface area (Å²) in [5.41, 5.74) is 7.24. The molecule has 0 radical (unpaired) electrons. The lowest BCUT2D eigenvalue weighted by atomic mass is 10.3. The third kappa shape index (κ3) is 2.65. The number of aromatic nitrogens is 2. The molecule has 0 unspecified atom stereocenters. The average Bonchev–Trinajstić information content (AvgIpc) is 2.74. The highest BCUT2D eigenvalue weighted by Crippen LogP contribution is 2.35. The number of hydrogen-bond donors (Lipinski definition) is 1. The van der Waals surface area contributed by atoms with Gasteiger partial charge in [-0.3, -0.25) is 0 Å². The number of hydrogen-bond acceptors (Lipinski definition) is 5. The first kappa shape index (κ1) is 12.7. The Hall–Kier alpha value is -1.37. The molecule has 0 aliphatic heterocycles. The zero-order valence-electron chi connectivity index (χ0n) is 9.43. The van der Waals surface area contributed by atoms with Gasteiger partial charge in [-0.1, -0.05) is 11.6 Å². The monoisotopic (exact) mass is 311 g/mol. The van der Waals surface area contributed by atoms with E-state index in [4.69, 9.17) is 17.3 Å². The van der Waals surface area contributed by atoms with Crippen LogP contribution in [0.2, 0.25) is 5.02 Å². The van der Waals surface area contributed by atoms with Crippen LogP contribution in [0.25, 0.3) is 10.2 Å². The van der Waals surface area contributed by atoms with Gasteiger partial charge in [0.15, 0.2) is 10.2 Å². The van der Waals surface area contributed by atoms with Gasteiger partial charge < -0.3 is 5.73 Å². The summed E-state index contributed by atoms with van der Waals surface area (Å²) in [5.74, 6) is -0.448. The molecule has 1 aromatic carbocycles. The molecular weight excluding hydrogens is 305 g/mol. The van der Waals surface area contributed by atoms with Gasteiger partial charge in [-0.15, -0.1) is 11.3 Å². The molecule has 96 valence electrons. The number of rotatable bonds is 2. The number of nitrogen functional groups attached to an aromatic ring is 1. The summed E-state index contributed by atoms with van der Waals surface area (Å²) >= 11 is 8.29. The fourth-order valence-corrected chi connectivity index (χ4v) is 3.66. The van der Waals surface area contributed by atoms with Crippen LogP contribution in [0.3, 0.4) is 0 Å². The van der Waals surface area contributed by atoms with Crippen LogP contribution in [0.4, 0.5) is 10.1 Å². The molecule has 0 bridgehead atoms. The van der Waals surface area contributed by atoms with E-state index in [1.165, 1.54) is 35.4 Å². The quantitative estimate of drug-likeness (QED) is 0.720. The fraction of sp³-hybridized carbons (Fsp3) is 0. The summed E-state index contributed by atoms with van der Waals surface area (Å²) in [6, 6.07) is 6.72. The van der Waals surface area contributed by atoms with E-state index in [1.54, 1.807) is 6.07 Å². The number of fused-ring (bicyclic) bond motifs is 1. The molecular formula is C12H7ClFN3S2. The highest BCUT2D eigenvalue weighted by molar-refractivity contribution is 8.01. The Kier molecular flexibility index (Phi) is 3.30. The van der Waals surface area contributed by atoms with Gasteiger partial charge >= 0.3 is 0 Å². The average molecular weight is 312 g/mol. The highest BCUT2D eigenvalue weighted by atomic mass is 35.5. The van der Waals surface area contributed by atoms with E-state index in [1.807, 2.05) is 12.1 Å². The molecule has 2 aromatic heterocycles. The molecule has 0 fully saturated rings. The SMILES string of the molecule is Nc1ccc2nc(Sc3ncc(Cl)cc3F)sc2c1. The number of nitrogens with two attached hydrogens (primary N) is 1. The zero-order valence-corrected chi connectivity index (χ0v) is 11.8. The van der Waals surface area contributed by atoms with Crippen LogP contribution in [0, 0.1) is 5.82 Å². The molecule has 0 aliphatic carbocycles. The van der Waals surface area contributed by atoms with Gasteiger partial charge in [0.05, 0.1) is 15.2 Å². The van der Waals surface area contributed by atoms with Crippen molar-refractivity contribution in [3.8, 4) is 0 Å². The highest BCUT2D eigenvalue weighted by Gasteiger charge is 2.11. The second kappa shape index (κ2) is 4.96. The molecule has 0 aliphatic rings. The zero-order chi connectivity index (χ0) is 13.4. The van der Waals surface area contributed by atoms with Crippen LogP contribution in [-0.2, 0) is 0 Å². The van der Waals surface area contributed by atoms with E-state index in [0.29, 0.717) is 10.0 Å². The van der Waals surface area contributed by atoms with Crippen molar-refractivity contribution in [2.75, 3.05) is 5.73 Å². The number of nitrogens with zero attached hydrogens (tertiary/aromatic N) is 2. The first-order valence-corrected chi connectivity index (χ1v) is 7.28. The predicted octanol–water partition coefficient (Wildman–Crippen LogP) is 4.22. The minimum Gasteiger partial charge on any atom is -0.399 e. The molecule has 3 rings (SSSR count). The van der Waals surface area contributed by atoms with Crippen molar-refractivity contribution in [1.29, 1.82) is 0 Å². The van der Waals surface area contributed by atoms with Gasteiger partial charge in [-0.25, -0.2) is 14.4 Å². The molecule has 0 amide bonds. The van der Waals surface area contributed by atoms with Crippen molar-refractivity contribution in [3.63, 3.8) is 0 Å². The van der Waals surface area contributed by atoms with Crippen molar-refractivity contribution in [2.24, 2.45) is 0 Å². The largest absolute Gasteiger partial charge is 0.399 e. The van der Waals surface area contributed by atoms with Crippen molar-refractivity contribution < 1.29 is 4.39 Å². The molecule has 0 saturated heterocycles. The molecule has 2 N–H and O–H groups in total. The van der Waals surface area contributed by atoms with Gasteiger partial charge in [0.25, 0.3) is 0 Å². The van der Waals surface area contributed by atoms with Gasteiger partial charge in [0.2, 0.25) is 0 Å². The van der Waals surface area contributed by atoms with E-state index in [0.717, 1.165) is 10.2 Å². The third-order valence-corrected chi connectivity index (χ3v) is 4.63. The van der Waals surface area contributed by atoms with Crippen LogP contribution < -0.4 is 5.73 Å². The van der Waals surface area contributed by atoms with Crippen molar-refractivity contribution in [3.05, 3.63) is 41.3 Å². The van der Waals surface area contributed by atoms with Crippen molar-refractivity contribution in [1.82, 2.24) is 9.97 Å². The van der Waals surface area contributed by atoms with Crippen LogP contribution in [0.15, 0.2) is 39.8 Å². The summed E-state index contributed by atoms with van der Waals surface area (Å²) in [5, 5.41) is 0.537. The van der Waals surface area contributed by atoms with Crippen molar-refractivity contribution >= 4 is 50.6 Å². The maximum absolute atomic E-state index is 13.6. The summed E-state index contributed by atoms with van der Waals surface area (Å²) in [6.45, 7) is 0. The second-order valence-electron chi connectivity index (χ2n) is 3.75. The smallest absolute Gasteiger partial charge is 0.157 e. The number of thiazole rings is 1. The van der Waals surface area contributed by atoms with Gasteiger partial charge in [0.1, 0.15) is 5.03 Å². The predicted molar refractivity (Wildman–Crippen MR) is 77.4 cm³/mol. The molecule has 2 heterocycles. The lowest BCUT2D eigenvalue weighted by Gasteiger charge is -1.98. The number of halogens is 2. The van der Waals surface area contributed by atoms with Crippen LogP contribution in [0.5, 0.6) is 0 Å². The first-order chi connectivity index (χ1) is 9.11. The molecule has 3 aromatic rings.